The summed E-state index contributed by atoms with van der Waals surface area (Å²) >= 11 is 1.63. The Hall–Kier alpha value is -1.16. The van der Waals surface area contributed by atoms with Crippen molar-refractivity contribution in [2.45, 2.75) is 78.1 Å². The van der Waals surface area contributed by atoms with Crippen molar-refractivity contribution in [3.8, 4) is 0 Å². The first-order chi connectivity index (χ1) is 10.7. The van der Waals surface area contributed by atoms with Crippen molar-refractivity contribution >= 4 is 23.5 Å². The molecule has 124 valence electrons. The molecule has 1 aromatic rings. The maximum Gasteiger partial charge on any atom is 0.240 e. The van der Waals surface area contributed by atoms with Crippen LogP contribution in [-0.2, 0) is 4.79 Å². The summed E-state index contributed by atoms with van der Waals surface area (Å²) in [5.74, 6) is 0.0217. The number of nitrogens with zero attached hydrogens (tertiary/aromatic N) is 1. The highest BCUT2D eigenvalue weighted by atomic mass is 32.1. The summed E-state index contributed by atoms with van der Waals surface area (Å²) in [5.41, 5.74) is 3.81. The Morgan fingerprint density at radius 3 is 2.36 bits per heavy atom. The lowest BCUT2D eigenvalue weighted by Gasteiger charge is -2.02. The fourth-order valence-electron chi connectivity index (χ4n) is 2.33. The second-order valence-corrected chi connectivity index (χ2v) is 6.79. The third-order valence-electron chi connectivity index (χ3n) is 3.78. The number of hydrazone groups is 1. The molecular weight excluding hydrogens is 292 g/mol. The van der Waals surface area contributed by atoms with Gasteiger partial charge in [0.15, 0.2) is 0 Å². The van der Waals surface area contributed by atoms with Crippen molar-refractivity contribution in [1.29, 1.82) is 0 Å². The summed E-state index contributed by atoms with van der Waals surface area (Å²) in [4.78, 5) is 12.7. The van der Waals surface area contributed by atoms with Gasteiger partial charge in [-0.05, 0) is 30.4 Å². The van der Waals surface area contributed by atoms with Gasteiger partial charge >= 0.3 is 0 Å². The number of unbranched alkanes of at least 4 members (excludes halogenated alkanes) is 8. The zero-order valence-electron chi connectivity index (χ0n) is 14.1. The summed E-state index contributed by atoms with van der Waals surface area (Å²) < 4.78 is 0. The molecule has 1 N–H and O–H groups in total. The highest BCUT2D eigenvalue weighted by Gasteiger charge is 2.00. The fraction of sp³-hybridized carbons (Fsp3) is 0.667. The number of thiophene rings is 1. The van der Waals surface area contributed by atoms with Crippen molar-refractivity contribution in [2.24, 2.45) is 5.10 Å². The number of carbonyl (C=O) groups is 1. The van der Waals surface area contributed by atoms with Crippen LogP contribution in [0.15, 0.2) is 16.5 Å². The predicted molar refractivity (Wildman–Crippen MR) is 96.6 cm³/mol. The molecule has 1 amide bonds. The average molecular weight is 323 g/mol. The van der Waals surface area contributed by atoms with E-state index in [2.05, 4.69) is 23.5 Å². The summed E-state index contributed by atoms with van der Waals surface area (Å²) in [6.07, 6.45) is 13.7. The Morgan fingerprint density at radius 2 is 1.77 bits per heavy atom. The summed E-state index contributed by atoms with van der Waals surface area (Å²) in [6, 6.07) is 2.05. The van der Waals surface area contributed by atoms with Crippen molar-refractivity contribution in [2.75, 3.05) is 0 Å². The molecule has 0 aromatic carbocycles. The molecule has 22 heavy (non-hydrogen) atoms. The third-order valence-corrected chi connectivity index (χ3v) is 4.73. The third kappa shape index (κ3) is 8.98. The van der Waals surface area contributed by atoms with Gasteiger partial charge < -0.3 is 0 Å². The Bertz CT molecular complexity index is 440. The predicted octanol–water partition coefficient (Wildman–Crippen LogP) is 5.43. The van der Waals surface area contributed by atoms with Crippen LogP contribution in [0, 0.1) is 6.92 Å². The molecule has 0 saturated heterocycles. The molecule has 0 fully saturated rings. The first-order valence-electron chi connectivity index (χ1n) is 8.60. The zero-order chi connectivity index (χ0) is 16.0. The standard InChI is InChI=1S/C18H30N2OS/c1-3-4-5-6-7-8-9-10-11-12-18(21)20-19-15-17-16(2)13-14-22-17/h13-15H,3-12H2,1-2H3,(H,20,21). The van der Waals surface area contributed by atoms with Crippen LogP contribution < -0.4 is 5.43 Å². The molecule has 0 aliphatic carbocycles. The molecular formula is C18H30N2OS. The van der Waals surface area contributed by atoms with Gasteiger partial charge in [0.1, 0.15) is 0 Å². The summed E-state index contributed by atoms with van der Waals surface area (Å²) in [5, 5.41) is 6.05. The average Bonchev–Trinajstić information content (AvgIpc) is 2.91. The second-order valence-electron chi connectivity index (χ2n) is 5.84. The normalized spacial score (nSPS) is 11.2. The van der Waals surface area contributed by atoms with E-state index in [1.165, 1.54) is 50.5 Å². The number of nitrogens with one attached hydrogen (secondary N) is 1. The number of aryl methyl sites for hydroxylation is 1. The van der Waals surface area contributed by atoms with Crippen molar-refractivity contribution in [1.82, 2.24) is 5.43 Å². The highest BCUT2D eigenvalue weighted by Crippen LogP contribution is 2.12. The van der Waals surface area contributed by atoms with Gasteiger partial charge in [-0.1, -0.05) is 58.3 Å². The molecule has 0 radical (unpaired) electrons. The minimum Gasteiger partial charge on any atom is -0.273 e. The van der Waals surface area contributed by atoms with Gasteiger partial charge in [0.25, 0.3) is 0 Å². The van der Waals surface area contributed by atoms with Crippen molar-refractivity contribution in [3.05, 3.63) is 21.9 Å². The molecule has 3 nitrogen and oxygen atoms in total. The van der Waals surface area contributed by atoms with E-state index in [1.807, 2.05) is 12.3 Å². The molecule has 1 rings (SSSR count). The van der Waals surface area contributed by atoms with Gasteiger partial charge in [-0.3, -0.25) is 4.79 Å². The molecule has 4 heteroatoms. The van der Waals surface area contributed by atoms with E-state index < -0.39 is 0 Å². The molecule has 0 spiro atoms. The molecule has 0 atom stereocenters. The molecule has 0 saturated carbocycles. The van der Waals surface area contributed by atoms with Gasteiger partial charge in [0, 0.05) is 11.3 Å². The minimum atomic E-state index is 0.0217. The van der Waals surface area contributed by atoms with Crippen LogP contribution in [0.5, 0.6) is 0 Å². The van der Waals surface area contributed by atoms with Crippen LogP contribution in [0.25, 0.3) is 0 Å². The maximum absolute atomic E-state index is 11.6. The number of hydrogen-bond donors (Lipinski definition) is 1. The number of amides is 1. The lowest BCUT2D eigenvalue weighted by Crippen LogP contribution is -2.16. The van der Waals surface area contributed by atoms with E-state index in [0.717, 1.165) is 17.7 Å². The van der Waals surface area contributed by atoms with E-state index in [1.54, 1.807) is 17.6 Å². The molecule has 0 unspecified atom stereocenters. The second kappa shape index (κ2) is 12.4. The molecule has 0 aliphatic rings. The van der Waals surface area contributed by atoms with Crippen molar-refractivity contribution < 1.29 is 4.79 Å². The van der Waals surface area contributed by atoms with Gasteiger partial charge in [-0.15, -0.1) is 11.3 Å². The Balaban J connectivity index is 1.95. The molecule has 0 aliphatic heterocycles. The van der Waals surface area contributed by atoms with Crippen LogP contribution in [0.4, 0.5) is 0 Å². The van der Waals surface area contributed by atoms with Crippen LogP contribution >= 0.6 is 11.3 Å². The highest BCUT2D eigenvalue weighted by molar-refractivity contribution is 7.11. The Labute approximate surface area is 139 Å². The monoisotopic (exact) mass is 322 g/mol. The fourth-order valence-corrected chi connectivity index (χ4v) is 3.12. The Kier molecular flexibility index (Phi) is 10.6. The largest absolute Gasteiger partial charge is 0.273 e. The van der Waals surface area contributed by atoms with Crippen LogP contribution in [-0.4, -0.2) is 12.1 Å². The van der Waals surface area contributed by atoms with E-state index in [-0.39, 0.29) is 5.91 Å². The summed E-state index contributed by atoms with van der Waals surface area (Å²) in [6.45, 7) is 4.29. The molecule has 1 heterocycles. The van der Waals surface area contributed by atoms with Gasteiger partial charge in [0.2, 0.25) is 5.91 Å². The summed E-state index contributed by atoms with van der Waals surface area (Å²) in [7, 11) is 0. The van der Waals surface area contributed by atoms with E-state index >= 15 is 0 Å². The van der Waals surface area contributed by atoms with Gasteiger partial charge in [-0.2, -0.15) is 5.10 Å². The number of rotatable bonds is 12. The van der Waals surface area contributed by atoms with Gasteiger partial charge in [-0.25, -0.2) is 5.43 Å². The first-order valence-corrected chi connectivity index (χ1v) is 9.48. The van der Waals surface area contributed by atoms with Crippen LogP contribution in [0.3, 0.4) is 0 Å². The van der Waals surface area contributed by atoms with E-state index in [9.17, 15) is 4.79 Å². The van der Waals surface area contributed by atoms with Crippen molar-refractivity contribution in [3.63, 3.8) is 0 Å². The molecule has 0 bridgehead atoms. The van der Waals surface area contributed by atoms with E-state index in [0.29, 0.717) is 6.42 Å². The smallest absolute Gasteiger partial charge is 0.240 e. The van der Waals surface area contributed by atoms with Crippen LogP contribution in [0.1, 0.15) is 81.6 Å². The topological polar surface area (TPSA) is 41.5 Å². The van der Waals surface area contributed by atoms with E-state index in [4.69, 9.17) is 0 Å². The number of carbonyl (C=O) groups excluding carboxylic acids is 1. The minimum absolute atomic E-state index is 0.0217. The van der Waals surface area contributed by atoms with Gasteiger partial charge in [0.05, 0.1) is 6.21 Å². The van der Waals surface area contributed by atoms with Crippen LogP contribution in [0.2, 0.25) is 0 Å². The maximum atomic E-state index is 11.6. The lowest BCUT2D eigenvalue weighted by atomic mass is 10.1. The number of hydrogen-bond acceptors (Lipinski definition) is 3. The molecule has 1 aromatic heterocycles. The zero-order valence-corrected chi connectivity index (χ0v) is 14.9. The lowest BCUT2D eigenvalue weighted by molar-refractivity contribution is -0.121. The SMILES string of the molecule is CCCCCCCCCCCC(=O)NN=Cc1sccc1C. The quantitative estimate of drug-likeness (QED) is 0.311. The first kappa shape index (κ1) is 18.9. The Morgan fingerprint density at radius 1 is 1.14 bits per heavy atom.